The van der Waals surface area contributed by atoms with Crippen LogP contribution in [0.3, 0.4) is 0 Å². The van der Waals surface area contributed by atoms with Crippen molar-refractivity contribution in [3.63, 3.8) is 0 Å². The second kappa shape index (κ2) is 3.05. The predicted octanol–water partition coefficient (Wildman–Crippen LogP) is 2.04. The van der Waals surface area contributed by atoms with E-state index in [-0.39, 0.29) is 0 Å². The number of para-hydroxylation sites is 1. The van der Waals surface area contributed by atoms with Crippen molar-refractivity contribution in [3.8, 4) is 17.9 Å². The SMILES string of the molecule is N#CC#Cc1cccc2cc[nH]c12. The molecule has 2 rings (SSSR count). The van der Waals surface area contributed by atoms with Crippen molar-refractivity contribution < 1.29 is 0 Å². The zero-order chi connectivity index (χ0) is 9.10. The average molecular weight is 166 g/mol. The van der Waals surface area contributed by atoms with E-state index in [1.165, 1.54) is 0 Å². The van der Waals surface area contributed by atoms with E-state index in [4.69, 9.17) is 5.26 Å². The predicted molar refractivity (Wildman–Crippen MR) is 50.8 cm³/mol. The summed E-state index contributed by atoms with van der Waals surface area (Å²) in [5.41, 5.74) is 1.86. The zero-order valence-electron chi connectivity index (χ0n) is 6.83. The molecule has 0 aliphatic rings. The molecule has 0 radical (unpaired) electrons. The highest BCUT2D eigenvalue weighted by Crippen LogP contribution is 2.15. The lowest BCUT2D eigenvalue weighted by Gasteiger charge is -1.92. The van der Waals surface area contributed by atoms with Crippen LogP contribution in [-0.2, 0) is 0 Å². The van der Waals surface area contributed by atoms with Crippen LogP contribution in [0.4, 0.5) is 0 Å². The van der Waals surface area contributed by atoms with E-state index >= 15 is 0 Å². The van der Waals surface area contributed by atoms with Crippen LogP contribution in [0.1, 0.15) is 5.56 Å². The molecule has 1 N–H and O–H groups in total. The van der Waals surface area contributed by atoms with Crippen LogP contribution in [0, 0.1) is 23.2 Å². The summed E-state index contributed by atoms with van der Waals surface area (Å²) < 4.78 is 0. The van der Waals surface area contributed by atoms with Gasteiger partial charge in [0.05, 0.1) is 5.52 Å². The Morgan fingerprint density at radius 3 is 3.00 bits per heavy atom. The fourth-order valence-electron chi connectivity index (χ4n) is 1.28. The van der Waals surface area contributed by atoms with E-state index in [1.54, 1.807) is 6.07 Å². The molecular weight excluding hydrogens is 160 g/mol. The molecule has 0 bridgehead atoms. The molecular formula is C11H6N2. The van der Waals surface area contributed by atoms with Crippen LogP contribution < -0.4 is 0 Å². The zero-order valence-corrected chi connectivity index (χ0v) is 6.83. The Morgan fingerprint density at radius 1 is 1.23 bits per heavy atom. The van der Waals surface area contributed by atoms with Crippen LogP contribution in [0.5, 0.6) is 0 Å². The molecule has 1 aromatic heterocycles. The van der Waals surface area contributed by atoms with E-state index in [0.29, 0.717) is 0 Å². The van der Waals surface area contributed by atoms with Crippen LogP contribution in [0.15, 0.2) is 30.5 Å². The van der Waals surface area contributed by atoms with E-state index in [2.05, 4.69) is 16.8 Å². The van der Waals surface area contributed by atoms with Crippen molar-refractivity contribution in [1.82, 2.24) is 4.98 Å². The highest BCUT2D eigenvalue weighted by molar-refractivity contribution is 5.85. The lowest BCUT2D eigenvalue weighted by Crippen LogP contribution is -1.76. The van der Waals surface area contributed by atoms with E-state index in [0.717, 1.165) is 16.5 Å². The Kier molecular flexibility index (Phi) is 1.75. The van der Waals surface area contributed by atoms with Gasteiger partial charge in [-0.1, -0.05) is 12.1 Å². The maximum atomic E-state index is 8.32. The molecule has 0 aliphatic heterocycles. The Labute approximate surface area is 75.8 Å². The Morgan fingerprint density at radius 2 is 2.15 bits per heavy atom. The first kappa shape index (κ1) is 7.46. The molecule has 1 heterocycles. The summed E-state index contributed by atoms with van der Waals surface area (Å²) in [6.45, 7) is 0. The second-order valence-corrected chi connectivity index (χ2v) is 2.61. The van der Waals surface area contributed by atoms with Crippen LogP contribution >= 0.6 is 0 Å². The first-order valence-electron chi connectivity index (χ1n) is 3.88. The number of hydrogen-bond acceptors (Lipinski definition) is 1. The lowest BCUT2D eigenvalue weighted by atomic mass is 10.1. The van der Waals surface area contributed by atoms with Gasteiger partial charge in [0.15, 0.2) is 6.07 Å². The number of hydrogen-bond donors (Lipinski definition) is 1. The van der Waals surface area contributed by atoms with Gasteiger partial charge in [0.2, 0.25) is 0 Å². The number of rotatable bonds is 0. The van der Waals surface area contributed by atoms with Crippen molar-refractivity contribution in [2.75, 3.05) is 0 Å². The molecule has 2 heteroatoms. The quantitative estimate of drug-likeness (QED) is 0.597. The number of aromatic nitrogens is 1. The number of fused-ring (bicyclic) bond motifs is 1. The molecule has 13 heavy (non-hydrogen) atoms. The number of nitriles is 1. The summed E-state index contributed by atoms with van der Waals surface area (Å²) in [6, 6.07) is 9.60. The van der Waals surface area contributed by atoms with Gasteiger partial charge in [0.25, 0.3) is 0 Å². The molecule has 0 unspecified atom stereocenters. The third-order valence-corrected chi connectivity index (χ3v) is 1.84. The summed E-state index contributed by atoms with van der Waals surface area (Å²) in [6.07, 6.45) is 1.86. The van der Waals surface area contributed by atoms with Crippen molar-refractivity contribution in [3.05, 3.63) is 36.0 Å². The maximum absolute atomic E-state index is 8.32. The second-order valence-electron chi connectivity index (χ2n) is 2.61. The molecule has 0 fully saturated rings. The minimum absolute atomic E-state index is 0.865. The summed E-state index contributed by atoms with van der Waals surface area (Å²) in [7, 11) is 0. The van der Waals surface area contributed by atoms with Gasteiger partial charge >= 0.3 is 0 Å². The highest BCUT2D eigenvalue weighted by Gasteiger charge is 1.96. The van der Waals surface area contributed by atoms with E-state index in [9.17, 15) is 0 Å². The monoisotopic (exact) mass is 166 g/mol. The smallest absolute Gasteiger partial charge is 0.152 e. The highest BCUT2D eigenvalue weighted by atomic mass is 14.7. The molecule has 0 amide bonds. The number of H-pyrrole nitrogens is 1. The fraction of sp³-hybridized carbons (Fsp3) is 0. The largest absolute Gasteiger partial charge is 0.360 e. The minimum Gasteiger partial charge on any atom is -0.360 e. The first-order chi connectivity index (χ1) is 6.42. The van der Waals surface area contributed by atoms with Crippen LogP contribution in [-0.4, -0.2) is 4.98 Å². The van der Waals surface area contributed by atoms with Crippen molar-refractivity contribution in [2.45, 2.75) is 0 Å². The molecule has 0 saturated heterocycles. The van der Waals surface area contributed by atoms with Gasteiger partial charge in [-0.15, -0.1) is 0 Å². The summed E-state index contributed by atoms with van der Waals surface area (Å²) in [5.74, 6) is 5.16. The van der Waals surface area contributed by atoms with Crippen LogP contribution in [0.2, 0.25) is 0 Å². The first-order valence-corrected chi connectivity index (χ1v) is 3.88. The van der Waals surface area contributed by atoms with Crippen molar-refractivity contribution in [2.24, 2.45) is 0 Å². The molecule has 0 aliphatic carbocycles. The van der Waals surface area contributed by atoms with Gasteiger partial charge in [0, 0.05) is 23.1 Å². The van der Waals surface area contributed by atoms with Crippen molar-refractivity contribution in [1.29, 1.82) is 5.26 Å². The summed E-state index contributed by atoms with van der Waals surface area (Å²) in [5, 5.41) is 9.43. The summed E-state index contributed by atoms with van der Waals surface area (Å²) in [4.78, 5) is 3.09. The van der Waals surface area contributed by atoms with E-state index < -0.39 is 0 Å². The van der Waals surface area contributed by atoms with Gasteiger partial charge in [-0.25, -0.2) is 0 Å². The third kappa shape index (κ3) is 1.26. The van der Waals surface area contributed by atoms with E-state index in [1.807, 2.05) is 30.5 Å². The van der Waals surface area contributed by atoms with Crippen molar-refractivity contribution >= 4 is 10.9 Å². The van der Waals surface area contributed by atoms with Gasteiger partial charge in [-0.3, -0.25) is 0 Å². The Bertz CT molecular complexity index is 532. The normalized spacial score (nSPS) is 8.85. The number of nitrogens with zero attached hydrogens (tertiary/aromatic N) is 1. The fourth-order valence-corrected chi connectivity index (χ4v) is 1.28. The maximum Gasteiger partial charge on any atom is 0.152 e. The third-order valence-electron chi connectivity index (χ3n) is 1.84. The molecule has 0 atom stereocenters. The van der Waals surface area contributed by atoms with Gasteiger partial charge in [-0.2, -0.15) is 5.26 Å². The average Bonchev–Trinajstić information content (AvgIpc) is 2.62. The molecule has 0 saturated carbocycles. The number of nitrogens with one attached hydrogen (secondary N) is 1. The molecule has 2 nitrogen and oxygen atoms in total. The van der Waals surface area contributed by atoms with Gasteiger partial charge in [0.1, 0.15) is 0 Å². The Hall–Kier alpha value is -2.19. The van der Waals surface area contributed by atoms with Gasteiger partial charge < -0.3 is 4.98 Å². The minimum atomic E-state index is 0.865. The molecule has 1 aromatic carbocycles. The summed E-state index contributed by atoms with van der Waals surface area (Å²) >= 11 is 0. The van der Waals surface area contributed by atoms with Gasteiger partial charge in [-0.05, 0) is 18.1 Å². The standard InChI is InChI=1S/C11H6N2/c12-7-2-5-9-3-1-4-10-6-8-13-11(9)10/h1,3-4,6,8,13H. The number of aromatic amines is 1. The Balaban J connectivity index is 2.69. The molecule has 2 aromatic rings. The topological polar surface area (TPSA) is 39.6 Å². The lowest BCUT2D eigenvalue weighted by molar-refractivity contribution is 1.47. The number of benzene rings is 1. The molecule has 60 valence electrons. The molecule has 0 spiro atoms. The van der Waals surface area contributed by atoms with Crippen LogP contribution in [0.25, 0.3) is 10.9 Å².